The van der Waals surface area contributed by atoms with Crippen LogP contribution in [0.15, 0.2) is 52.9 Å². The molecular formula is C23H20ClN5O2S. The van der Waals surface area contributed by atoms with E-state index in [1.807, 2.05) is 48.5 Å². The number of rotatable bonds is 6. The van der Waals surface area contributed by atoms with Crippen molar-refractivity contribution >= 4 is 34.0 Å². The van der Waals surface area contributed by atoms with Crippen molar-refractivity contribution < 1.29 is 9.21 Å². The lowest BCUT2D eigenvalue weighted by atomic mass is 10.1. The van der Waals surface area contributed by atoms with E-state index in [4.69, 9.17) is 16.0 Å². The molecule has 32 heavy (non-hydrogen) atoms. The van der Waals surface area contributed by atoms with Crippen LogP contribution in [0, 0.1) is 6.92 Å². The number of anilines is 1. The quantitative estimate of drug-likeness (QED) is 0.438. The fourth-order valence-corrected chi connectivity index (χ4v) is 4.80. The molecule has 0 radical (unpaired) electrons. The van der Waals surface area contributed by atoms with Gasteiger partial charge < -0.3 is 9.73 Å². The molecule has 0 unspecified atom stereocenters. The Balaban J connectivity index is 1.15. The first-order valence-corrected chi connectivity index (χ1v) is 11.4. The van der Waals surface area contributed by atoms with Gasteiger partial charge in [0.15, 0.2) is 5.13 Å². The molecule has 2 aromatic carbocycles. The van der Waals surface area contributed by atoms with Crippen molar-refractivity contribution in [1.82, 2.24) is 20.1 Å². The van der Waals surface area contributed by atoms with Crippen LogP contribution in [0.5, 0.6) is 0 Å². The molecule has 3 heterocycles. The van der Waals surface area contributed by atoms with Crippen molar-refractivity contribution in [3.05, 3.63) is 81.1 Å². The number of carbonyl (C=O) groups excluding carboxylic acids is 1. The maximum absolute atomic E-state index is 12.5. The van der Waals surface area contributed by atoms with Crippen molar-refractivity contribution in [1.29, 1.82) is 0 Å². The first kappa shape index (κ1) is 20.8. The van der Waals surface area contributed by atoms with Gasteiger partial charge in [0.25, 0.3) is 0 Å². The highest BCUT2D eigenvalue weighted by Crippen LogP contribution is 2.32. The number of amides is 1. The van der Waals surface area contributed by atoms with Crippen molar-refractivity contribution in [2.75, 3.05) is 5.32 Å². The van der Waals surface area contributed by atoms with Gasteiger partial charge in [-0.25, -0.2) is 4.98 Å². The van der Waals surface area contributed by atoms with Gasteiger partial charge in [-0.2, -0.15) is 0 Å². The summed E-state index contributed by atoms with van der Waals surface area (Å²) in [5.41, 5.74) is 3.99. The third kappa shape index (κ3) is 4.72. The summed E-state index contributed by atoms with van der Waals surface area (Å²) in [6.45, 7) is 4.21. The zero-order valence-corrected chi connectivity index (χ0v) is 18.9. The summed E-state index contributed by atoms with van der Waals surface area (Å²) in [6.07, 6.45) is 0.274. The second-order valence-electron chi connectivity index (χ2n) is 7.71. The Hall–Kier alpha value is -3.07. The number of nitrogens with one attached hydrogen (secondary N) is 1. The topological polar surface area (TPSA) is 84.2 Å². The first-order valence-electron chi connectivity index (χ1n) is 10.2. The van der Waals surface area contributed by atoms with Gasteiger partial charge in [0.05, 0.1) is 12.1 Å². The minimum atomic E-state index is -0.0863. The highest BCUT2D eigenvalue weighted by molar-refractivity contribution is 7.15. The summed E-state index contributed by atoms with van der Waals surface area (Å²) in [7, 11) is 0. The first-order chi connectivity index (χ1) is 15.5. The zero-order chi connectivity index (χ0) is 22.1. The maximum Gasteiger partial charge on any atom is 0.247 e. The van der Waals surface area contributed by atoms with E-state index >= 15 is 0 Å². The van der Waals surface area contributed by atoms with E-state index < -0.39 is 0 Å². The van der Waals surface area contributed by atoms with Crippen LogP contribution < -0.4 is 5.32 Å². The molecule has 0 spiro atoms. The number of benzene rings is 2. The number of thiazole rings is 1. The Morgan fingerprint density at radius 2 is 1.84 bits per heavy atom. The summed E-state index contributed by atoms with van der Waals surface area (Å²) < 4.78 is 5.43. The molecule has 0 atom stereocenters. The molecule has 9 heteroatoms. The molecule has 0 fully saturated rings. The monoisotopic (exact) mass is 465 g/mol. The van der Waals surface area contributed by atoms with Gasteiger partial charge in [-0.3, -0.25) is 9.69 Å². The molecule has 0 saturated carbocycles. The minimum Gasteiger partial charge on any atom is -0.421 e. The average molecular weight is 466 g/mol. The molecule has 2 aromatic heterocycles. The molecule has 1 N–H and O–H groups in total. The molecule has 4 aromatic rings. The van der Waals surface area contributed by atoms with E-state index in [1.54, 1.807) is 18.3 Å². The Kier molecular flexibility index (Phi) is 5.73. The number of hydrogen-bond acceptors (Lipinski definition) is 7. The van der Waals surface area contributed by atoms with Crippen LogP contribution in [-0.4, -0.2) is 26.0 Å². The van der Waals surface area contributed by atoms with Crippen LogP contribution >= 0.6 is 22.9 Å². The smallest absolute Gasteiger partial charge is 0.247 e. The lowest BCUT2D eigenvalue weighted by molar-refractivity contribution is -0.115. The molecule has 1 aliphatic rings. The van der Waals surface area contributed by atoms with Gasteiger partial charge in [-0.15, -0.1) is 21.5 Å². The van der Waals surface area contributed by atoms with E-state index in [0.29, 0.717) is 16.9 Å². The Bertz CT molecular complexity index is 1230. The lowest BCUT2D eigenvalue weighted by Gasteiger charge is -2.14. The molecule has 162 valence electrons. The van der Waals surface area contributed by atoms with Crippen molar-refractivity contribution in [3.63, 3.8) is 0 Å². The maximum atomic E-state index is 12.5. The molecule has 0 bridgehead atoms. The van der Waals surface area contributed by atoms with Crippen molar-refractivity contribution in [2.24, 2.45) is 0 Å². The van der Waals surface area contributed by atoms with E-state index in [1.165, 1.54) is 10.4 Å². The van der Waals surface area contributed by atoms with Crippen LogP contribution in [0.2, 0.25) is 5.02 Å². The lowest BCUT2D eigenvalue weighted by Crippen LogP contribution is -2.17. The van der Waals surface area contributed by atoms with Gasteiger partial charge in [0.1, 0.15) is 0 Å². The van der Waals surface area contributed by atoms with E-state index in [-0.39, 0.29) is 12.3 Å². The number of fused-ring (bicyclic) bond motifs is 1. The van der Waals surface area contributed by atoms with Crippen LogP contribution in [-0.2, 0) is 30.8 Å². The standard InChI is InChI=1S/C23H20ClN5O2S/c1-14-27-28-22(31-14)17-6-2-15(3-7-17)10-21(30)26-23-25-19-12-29(13-20(19)32-23)11-16-4-8-18(24)9-5-16/h2-9H,10-13H2,1H3,(H,25,26,30). The Morgan fingerprint density at radius 1 is 1.09 bits per heavy atom. The van der Waals surface area contributed by atoms with E-state index in [2.05, 4.69) is 25.4 Å². The molecular weight excluding hydrogens is 446 g/mol. The van der Waals surface area contributed by atoms with Crippen LogP contribution in [0.3, 0.4) is 0 Å². The van der Waals surface area contributed by atoms with E-state index in [0.717, 1.165) is 41.5 Å². The van der Waals surface area contributed by atoms with Crippen molar-refractivity contribution in [2.45, 2.75) is 33.0 Å². The summed E-state index contributed by atoms with van der Waals surface area (Å²) in [4.78, 5) is 20.7. The SMILES string of the molecule is Cc1nnc(-c2ccc(CC(=O)Nc3nc4c(s3)CN(Cc3ccc(Cl)cc3)C4)cc2)o1. The number of aromatic nitrogens is 3. The molecule has 5 rings (SSSR count). The summed E-state index contributed by atoms with van der Waals surface area (Å²) in [5.74, 6) is 0.907. The number of hydrogen-bond donors (Lipinski definition) is 1. The average Bonchev–Trinajstić information content (AvgIpc) is 3.45. The molecule has 1 amide bonds. The molecule has 0 saturated heterocycles. The number of aryl methyl sites for hydroxylation is 1. The molecule has 1 aliphatic heterocycles. The number of halogens is 1. The van der Waals surface area contributed by atoms with Crippen molar-refractivity contribution in [3.8, 4) is 11.5 Å². The Morgan fingerprint density at radius 3 is 2.53 bits per heavy atom. The minimum absolute atomic E-state index is 0.0863. The second-order valence-corrected chi connectivity index (χ2v) is 9.23. The summed E-state index contributed by atoms with van der Waals surface area (Å²) in [5, 5.41) is 12.2. The summed E-state index contributed by atoms with van der Waals surface area (Å²) in [6, 6.07) is 15.5. The van der Waals surface area contributed by atoms with Crippen LogP contribution in [0.4, 0.5) is 5.13 Å². The van der Waals surface area contributed by atoms with Gasteiger partial charge in [0, 0.05) is 42.0 Å². The Labute approximate surface area is 194 Å². The van der Waals surface area contributed by atoms with Gasteiger partial charge in [0.2, 0.25) is 17.7 Å². The fraction of sp³-hybridized carbons (Fsp3) is 0.217. The molecule has 0 aliphatic carbocycles. The molecule has 7 nitrogen and oxygen atoms in total. The predicted octanol–water partition coefficient (Wildman–Crippen LogP) is 4.85. The largest absolute Gasteiger partial charge is 0.421 e. The van der Waals surface area contributed by atoms with Crippen LogP contribution in [0.25, 0.3) is 11.5 Å². The number of carbonyl (C=O) groups is 1. The van der Waals surface area contributed by atoms with Crippen LogP contribution in [0.1, 0.15) is 27.6 Å². The number of nitrogens with zero attached hydrogens (tertiary/aromatic N) is 4. The van der Waals surface area contributed by atoms with Gasteiger partial charge in [-0.05, 0) is 35.4 Å². The fourth-order valence-electron chi connectivity index (χ4n) is 3.64. The van der Waals surface area contributed by atoms with Gasteiger partial charge in [-0.1, -0.05) is 35.9 Å². The zero-order valence-electron chi connectivity index (χ0n) is 17.3. The normalized spacial score (nSPS) is 13.3. The highest BCUT2D eigenvalue weighted by atomic mass is 35.5. The third-order valence-electron chi connectivity index (χ3n) is 5.18. The second kappa shape index (κ2) is 8.82. The predicted molar refractivity (Wildman–Crippen MR) is 123 cm³/mol. The highest BCUT2D eigenvalue weighted by Gasteiger charge is 2.24. The van der Waals surface area contributed by atoms with Gasteiger partial charge >= 0.3 is 0 Å². The van der Waals surface area contributed by atoms with E-state index in [9.17, 15) is 4.79 Å². The summed E-state index contributed by atoms with van der Waals surface area (Å²) >= 11 is 7.51. The third-order valence-corrected chi connectivity index (χ3v) is 6.43.